The van der Waals surface area contributed by atoms with Gasteiger partial charge >= 0.3 is 5.97 Å². The molecule has 5 nitrogen and oxygen atoms in total. The molecule has 1 aromatic rings. The molecule has 2 N–H and O–H groups in total. The number of hydrogen-bond acceptors (Lipinski definition) is 3. The van der Waals surface area contributed by atoms with Crippen molar-refractivity contribution < 1.29 is 19.1 Å². The normalized spacial score (nSPS) is 22.7. The maximum atomic E-state index is 12.2. The van der Waals surface area contributed by atoms with Gasteiger partial charge in [-0.15, -0.1) is 0 Å². The first kappa shape index (κ1) is 14.4. The van der Waals surface area contributed by atoms with Gasteiger partial charge < -0.3 is 14.8 Å². The maximum absolute atomic E-state index is 12.2. The van der Waals surface area contributed by atoms with Gasteiger partial charge in [0.25, 0.3) is 0 Å². The smallest absolute Gasteiger partial charge is 0.307 e. The Morgan fingerprint density at radius 3 is 2.50 bits per heavy atom. The van der Waals surface area contributed by atoms with E-state index in [1.165, 1.54) is 0 Å². The zero-order valence-electron chi connectivity index (χ0n) is 11.7. The first-order chi connectivity index (χ1) is 9.49. The van der Waals surface area contributed by atoms with E-state index in [0.29, 0.717) is 18.6 Å². The van der Waals surface area contributed by atoms with Crippen LogP contribution in [-0.2, 0) is 16.1 Å². The molecule has 2 rings (SSSR count). The molecule has 0 saturated heterocycles. The first-order valence-corrected chi connectivity index (χ1v) is 6.67. The zero-order chi connectivity index (χ0) is 14.7. The van der Waals surface area contributed by atoms with Crippen molar-refractivity contribution in [1.29, 1.82) is 0 Å². The number of carbonyl (C=O) groups excluding carboxylic acids is 1. The molecule has 0 radical (unpaired) electrons. The summed E-state index contributed by atoms with van der Waals surface area (Å²) in [7, 11) is 0. The van der Waals surface area contributed by atoms with Crippen LogP contribution in [0.2, 0.25) is 0 Å². The number of nitrogens with one attached hydrogen (secondary N) is 1. The van der Waals surface area contributed by atoms with E-state index < -0.39 is 17.8 Å². The molecule has 1 aromatic heterocycles. The molecule has 1 amide bonds. The number of carboxylic acid groups (broad SMARTS) is 1. The molecular formula is C15H19NO4. The van der Waals surface area contributed by atoms with Crippen molar-refractivity contribution in [1.82, 2.24) is 5.32 Å². The summed E-state index contributed by atoms with van der Waals surface area (Å²) in [6.45, 7) is 4.18. The lowest BCUT2D eigenvalue weighted by atomic mass is 9.76. The number of carbonyl (C=O) groups is 2. The Balaban J connectivity index is 2.04. The van der Waals surface area contributed by atoms with Gasteiger partial charge in [0.1, 0.15) is 5.76 Å². The average Bonchev–Trinajstić information content (AvgIpc) is 2.91. The summed E-state index contributed by atoms with van der Waals surface area (Å²) in [6.07, 6.45) is 2.49. The second kappa shape index (κ2) is 5.94. The Kier molecular flexibility index (Phi) is 4.27. The van der Waals surface area contributed by atoms with Crippen LogP contribution in [0.4, 0.5) is 0 Å². The number of aliphatic carboxylic acids is 1. The van der Waals surface area contributed by atoms with Crippen LogP contribution in [0, 0.1) is 11.8 Å². The monoisotopic (exact) mass is 277 g/mol. The fraction of sp³-hybridized carbons (Fsp3) is 0.467. The minimum absolute atomic E-state index is 0.222. The molecule has 1 aliphatic rings. The number of hydrogen-bond donors (Lipinski definition) is 2. The van der Waals surface area contributed by atoms with Gasteiger partial charge in [-0.1, -0.05) is 11.1 Å². The third-order valence-electron chi connectivity index (χ3n) is 3.94. The Morgan fingerprint density at radius 2 is 1.95 bits per heavy atom. The second-order valence-electron chi connectivity index (χ2n) is 5.32. The summed E-state index contributed by atoms with van der Waals surface area (Å²) < 4.78 is 5.14. The molecule has 1 aliphatic carbocycles. The van der Waals surface area contributed by atoms with Gasteiger partial charge in [-0.05, 0) is 38.8 Å². The van der Waals surface area contributed by atoms with E-state index in [0.717, 1.165) is 11.1 Å². The fourth-order valence-electron chi connectivity index (χ4n) is 2.55. The minimum atomic E-state index is -0.907. The van der Waals surface area contributed by atoms with Crippen molar-refractivity contribution in [2.45, 2.75) is 33.2 Å². The lowest BCUT2D eigenvalue weighted by Crippen LogP contribution is -2.39. The Labute approximate surface area is 117 Å². The standard InChI is InChI=1S/C15H19NO4/c1-9-6-12(13(15(18)19)7-10(9)2)14(17)16-8-11-4-3-5-20-11/h3-5,12-13H,6-8H2,1-2H3,(H,16,17)(H,18,19). The van der Waals surface area contributed by atoms with Gasteiger partial charge in [-0.2, -0.15) is 0 Å². The van der Waals surface area contributed by atoms with Crippen molar-refractivity contribution in [3.05, 3.63) is 35.3 Å². The molecular weight excluding hydrogens is 258 g/mol. The fourth-order valence-corrected chi connectivity index (χ4v) is 2.55. The molecule has 0 fully saturated rings. The van der Waals surface area contributed by atoms with Crippen LogP contribution < -0.4 is 5.32 Å². The van der Waals surface area contributed by atoms with Crippen molar-refractivity contribution in [2.75, 3.05) is 0 Å². The quantitative estimate of drug-likeness (QED) is 0.828. The van der Waals surface area contributed by atoms with Gasteiger partial charge in [-0.25, -0.2) is 0 Å². The van der Waals surface area contributed by atoms with Gasteiger partial charge in [0.15, 0.2) is 0 Å². The topological polar surface area (TPSA) is 79.5 Å². The summed E-state index contributed by atoms with van der Waals surface area (Å²) in [5.74, 6) is -1.62. The third-order valence-corrected chi connectivity index (χ3v) is 3.94. The van der Waals surface area contributed by atoms with Crippen molar-refractivity contribution in [3.8, 4) is 0 Å². The largest absolute Gasteiger partial charge is 0.481 e. The molecule has 5 heteroatoms. The molecule has 0 spiro atoms. The van der Waals surface area contributed by atoms with Crippen LogP contribution in [0.25, 0.3) is 0 Å². The molecule has 0 aliphatic heterocycles. The number of carboxylic acids is 1. The van der Waals surface area contributed by atoms with Crippen LogP contribution in [0.3, 0.4) is 0 Å². The number of amides is 1. The predicted octanol–water partition coefficient (Wildman–Crippen LogP) is 2.34. The summed E-state index contributed by atoms with van der Waals surface area (Å²) in [4.78, 5) is 23.6. The minimum Gasteiger partial charge on any atom is -0.481 e. The van der Waals surface area contributed by atoms with Gasteiger partial charge in [0, 0.05) is 0 Å². The summed E-state index contributed by atoms with van der Waals surface area (Å²) >= 11 is 0. The summed E-state index contributed by atoms with van der Waals surface area (Å²) in [6, 6.07) is 3.52. The highest BCUT2D eigenvalue weighted by Crippen LogP contribution is 2.34. The maximum Gasteiger partial charge on any atom is 0.307 e. The highest BCUT2D eigenvalue weighted by Gasteiger charge is 2.37. The third kappa shape index (κ3) is 3.10. The molecule has 2 atom stereocenters. The molecule has 2 unspecified atom stereocenters. The van der Waals surface area contributed by atoms with Crippen LogP contribution in [0.5, 0.6) is 0 Å². The zero-order valence-corrected chi connectivity index (χ0v) is 11.7. The van der Waals surface area contributed by atoms with Crippen molar-refractivity contribution >= 4 is 11.9 Å². The lowest BCUT2D eigenvalue weighted by Gasteiger charge is -2.29. The second-order valence-corrected chi connectivity index (χ2v) is 5.32. The average molecular weight is 277 g/mol. The summed E-state index contributed by atoms with van der Waals surface area (Å²) in [5.41, 5.74) is 2.19. The number of allylic oxidation sites excluding steroid dienone is 2. The van der Waals surface area contributed by atoms with E-state index in [2.05, 4.69) is 5.32 Å². The summed E-state index contributed by atoms with van der Waals surface area (Å²) in [5, 5.41) is 12.0. The van der Waals surface area contributed by atoms with Gasteiger partial charge in [-0.3, -0.25) is 9.59 Å². The Hall–Kier alpha value is -2.04. The lowest BCUT2D eigenvalue weighted by molar-refractivity contribution is -0.147. The predicted molar refractivity (Wildman–Crippen MR) is 72.8 cm³/mol. The molecule has 0 bridgehead atoms. The number of furan rings is 1. The van der Waals surface area contributed by atoms with Crippen LogP contribution >= 0.6 is 0 Å². The molecule has 108 valence electrons. The molecule has 0 saturated carbocycles. The van der Waals surface area contributed by atoms with E-state index in [9.17, 15) is 14.7 Å². The van der Waals surface area contributed by atoms with Gasteiger partial charge in [0.05, 0.1) is 24.6 Å². The number of rotatable bonds is 4. The molecule has 0 aromatic carbocycles. The van der Waals surface area contributed by atoms with Crippen LogP contribution in [-0.4, -0.2) is 17.0 Å². The van der Waals surface area contributed by atoms with Crippen molar-refractivity contribution in [3.63, 3.8) is 0 Å². The van der Waals surface area contributed by atoms with E-state index >= 15 is 0 Å². The SMILES string of the molecule is CC1=C(C)CC(C(=O)NCc2ccco2)C(C(=O)O)C1. The van der Waals surface area contributed by atoms with E-state index in [1.54, 1.807) is 18.4 Å². The first-order valence-electron chi connectivity index (χ1n) is 6.67. The van der Waals surface area contributed by atoms with Crippen LogP contribution in [0.15, 0.2) is 34.0 Å². The molecule has 20 heavy (non-hydrogen) atoms. The van der Waals surface area contributed by atoms with E-state index in [-0.39, 0.29) is 12.5 Å². The Morgan fingerprint density at radius 1 is 1.30 bits per heavy atom. The van der Waals surface area contributed by atoms with E-state index in [1.807, 2.05) is 13.8 Å². The highest BCUT2D eigenvalue weighted by atomic mass is 16.4. The van der Waals surface area contributed by atoms with E-state index in [4.69, 9.17) is 4.42 Å². The Bertz CT molecular complexity index is 530. The van der Waals surface area contributed by atoms with Gasteiger partial charge in [0.2, 0.25) is 5.91 Å². The molecule has 1 heterocycles. The van der Waals surface area contributed by atoms with Crippen LogP contribution in [0.1, 0.15) is 32.4 Å². The van der Waals surface area contributed by atoms with Crippen molar-refractivity contribution in [2.24, 2.45) is 11.8 Å². The highest BCUT2D eigenvalue weighted by molar-refractivity contribution is 5.85.